The van der Waals surface area contributed by atoms with Crippen molar-refractivity contribution in [1.29, 1.82) is 0 Å². The van der Waals surface area contributed by atoms with E-state index in [0.29, 0.717) is 32.3 Å². The van der Waals surface area contributed by atoms with Crippen LogP contribution in [0.3, 0.4) is 0 Å². The van der Waals surface area contributed by atoms with E-state index in [0.717, 1.165) is 0 Å². The maximum Gasteiger partial charge on any atom is 0.501 e. The molecule has 0 fully saturated rings. The molecule has 0 atom stereocenters. The van der Waals surface area contributed by atoms with Crippen LogP contribution >= 0.6 is 0 Å². The Morgan fingerprint density at radius 1 is 1.15 bits per heavy atom. The first kappa shape index (κ1) is 19.3. The molecule has 0 spiro atoms. The number of ether oxygens (including phenoxy) is 1. The topological polar surface area (TPSA) is 74.2 Å². The monoisotopic (exact) mass is 306 g/mol. The SMILES string of the molecule is CC=CC(=O)OCCC[Si](OCC)(OCC)OCCO. The summed E-state index contributed by atoms with van der Waals surface area (Å²) in [5.74, 6) is -0.358. The largest absolute Gasteiger partial charge is 0.501 e. The molecule has 0 saturated heterocycles. The molecular formula is C13H26O6Si. The molecule has 0 aromatic heterocycles. The van der Waals surface area contributed by atoms with Crippen LogP contribution in [0.1, 0.15) is 27.2 Å². The summed E-state index contributed by atoms with van der Waals surface area (Å²) in [5.41, 5.74) is 0. The van der Waals surface area contributed by atoms with E-state index >= 15 is 0 Å². The van der Waals surface area contributed by atoms with E-state index in [4.69, 9.17) is 23.1 Å². The molecule has 118 valence electrons. The summed E-state index contributed by atoms with van der Waals surface area (Å²) < 4.78 is 21.9. The zero-order chi connectivity index (χ0) is 15.3. The van der Waals surface area contributed by atoms with E-state index in [1.807, 2.05) is 13.8 Å². The molecule has 0 aliphatic heterocycles. The lowest BCUT2D eigenvalue weighted by Gasteiger charge is -2.28. The maximum atomic E-state index is 11.2. The van der Waals surface area contributed by atoms with Crippen LogP contribution in [-0.4, -0.2) is 52.9 Å². The third-order valence-corrected chi connectivity index (χ3v) is 5.38. The van der Waals surface area contributed by atoms with Gasteiger partial charge in [-0.2, -0.15) is 0 Å². The molecule has 0 rings (SSSR count). The van der Waals surface area contributed by atoms with Gasteiger partial charge in [0.15, 0.2) is 0 Å². The summed E-state index contributed by atoms with van der Waals surface area (Å²) in [4.78, 5) is 11.2. The highest BCUT2D eigenvalue weighted by Gasteiger charge is 2.40. The van der Waals surface area contributed by atoms with Gasteiger partial charge < -0.3 is 23.1 Å². The zero-order valence-corrected chi connectivity index (χ0v) is 13.6. The molecule has 0 aliphatic rings. The number of carbonyl (C=O) groups is 1. The van der Waals surface area contributed by atoms with Crippen LogP contribution < -0.4 is 0 Å². The standard InChI is InChI=1S/C13H26O6Si/c1-4-8-13(15)16-10-7-12-20(17-5-2,18-6-3)19-11-9-14/h4,8,14H,5-7,9-12H2,1-3H3. The Labute approximate surface area is 122 Å². The quantitative estimate of drug-likeness (QED) is 0.255. The molecule has 0 heterocycles. The van der Waals surface area contributed by atoms with Crippen LogP contribution in [-0.2, 0) is 22.8 Å². The summed E-state index contributed by atoms with van der Waals surface area (Å²) in [6.07, 6.45) is 3.60. The van der Waals surface area contributed by atoms with Gasteiger partial charge >= 0.3 is 14.8 Å². The number of allylic oxidation sites excluding steroid dienone is 1. The average Bonchev–Trinajstić information content (AvgIpc) is 2.42. The van der Waals surface area contributed by atoms with Crippen LogP contribution in [0, 0.1) is 0 Å². The summed E-state index contributed by atoms with van der Waals surface area (Å²) in [7, 11) is -2.78. The second-order valence-corrected chi connectivity index (χ2v) is 6.62. The number of esters is 1. The van der Waals surface area contributed by atoms with Gasteiger partial charge in [0, 0.05) is 25.3 Å². The second-order valence-electron chi connectivity index (χ2n) is 3.89. The molecule has 0 aromatic carbocycles. The van der Waals surface area contributed by atoms with Crippen LogP contribution in [0.5, 0.6) is 0 Å². The lowest BCUT2D eigenvalue weighted by molar-refractivity contribution is -0.137. The van der Waals surface area contributed by atoms with E-state index in [1.54, 1.807) is 13.0 Å². The van der Waals surface area contributed by atoms with Gasteiger partial charge in [0.2, 0.25) is 0 Å². The van der Waals surface area contributed by atoms with Gasteiger partial charge in [-0.15, -0.1) is 0 Å². The van der Waals surface area contributed by atoms with Crippen molar-refractivity contribution >= 4 is 14.8 Å². The normalized spacial score (nSPS) is 12.0. The minimum Gasteiger partial charge on any atom is -0.463 e. The molecule has 0 amide bonds. The van der Waals surface area contributed by atoms with E-state index in [2.05, 4.69) is 0 Å². The van der Waals surface area contributed by atoms with Gasteiger partial charge in [-0.25, -0.2) is 4.79 Å². The first-order valence-electron chi connectivity index (χ1n) is 6.96. The molecular weight excluding hydrogens is 280 g/mol. The van der Waals surface area contributed by atoms with Gasteiger partial charge in [-0.1, -0.05) is 6.08 Å². The number of hydrogen-bond donors (Lipinski definition) is 1. The van der Waals surface area contributed by atoms with Crippen LogP contribution in [0.25, 0.3) is 0 Å². The Bertz CT molecular complexity index is 276. The average molecular weight is 306 g/mol. The summed E-state index contributed by atoms with van der Waals surface area (Å²) in [5, 5.41) is 8.88. The smallest absolute Gasteiger partial charge is 0.463 e. The predicted octanol–water partition coefficient (Wildman–Crippen LogP) is 1.52. The molecule has 1 N–H and O–H groups in total. The molecule has 0 saturated carbocycles. The minimum atomic E-state index is -2.78. The van der Waals surface area contributed by atoms with Crippen molar-refractivity contribution < 1.29 is 27.9 Å². The fraction of sp³-hybridized carbons (Fsp3) is 0.769. The Morgan fingerprint density at radius 2 is 1.80 bits per heavy atom. The van der Waals surface area contributed by atoms with E-state index in [-0.39, 0.29) is 19.2 Å². The van der Waals surface area contributed by atoms with Crippen LogP contribution in [0.4, 0.5) is 0 Å². The minimum absolute atomic E-state index is 0.0782. The van der Waals surface area contributed by atoms with Crippen molar-refractivity contribution in [1.82, 2.24) is 0 Å². The lowest BCUT2D eigenvalue weighted by atomic mass is 10.5. The molecule has 0 bridgehead atoms. The van der Waals surface area contributed by atoms with Gasteiger partial charge in [-0.3, -0.25) is 0 Å². The van der Waals surface area contributed by atoms with Crippen LogP contribution in [0.2, 0.25) is 6.04 Å². The summed E-state index contributed by atoms with van der Waals surface area (Å²) in [6.45, 7) is 6.86. The molecule has 0 unspecified atom stereocenters. The van der Waals surface area contributed by atoms with Crippen molar-refractivity contribution in [3.63, 3.8) is 0 Å². The number of hydrogen-bond acceptors (Lipinski definition) is 6. The van der Waals surface area contributed by atoms with E-state index in [9.17, 15) is 4.79 Å². The molecule has 6 nitrogen and oxygen atoms in total. The van der Waals surface area contributed by atoms with E-state index < -0.39 is 8.80 Å². The van der Waals surface area contributed by atoms with Gasteiger partial charge in [0.1, 0.15) is 0 Å². The highest BCUT2D eigenvalue weighted by Crippen LogP contribution is 2.18. The number of carbonyl (C=O) groups excluding carboxylic acids is 1. The van der Waals surface area contributed by atoms with Crippen molar-refractivity contribution in [3.8, 4) is 0 Å². The van der Waals surface area contributed by atoms with Crippen molar-refractivity contribution in [2.45, 2.75) is 33.2 Å². The first-order valence-corrected chi connectivity index (χ1v) is 8.89. The lowest BCUT2D eigenvalue weighted by Crippen LogP contribution is -2.46. The highest BCUT2D eigenvalue weighted by molar-refractivity contribution is 6.60. The predicted molar refractivity (Wildman–Crippen MR) is 77.2 cm³/mol. The van der Waals surface area contributed by atoms with Gasteiger partial charge in [0.25, 0.3) is 0 Å². The third kappa shape index (κ3) is 8.44. The Balaban J connectivity index is 4.28. The number of rotatable bonds is 12. The van der Waals surface area contributed by atoms with Gasteiger partial charge in [-0.05, 0) is 27.2 Å². The maximum absolute atomic E-state index is 11.2. The molecule has 0 aromatic rings. The van der Waals surface area contributed by atoms with Crippen LogP contribution in [0.15, 0.2) is 12.2 Å². The van der Waals surface area contributed by atoms with E-state index in [1.165, 1.54) is 6.08 Å². The van der Waals surface area contributed by atoms with Crippen molar-refractivity contribution in [2.24, 2.45) is 0 Å². The second kappa shape index (κ2) is 12.0. The number of aliphatic hydroxyl groups excluding tert-OH is 1. The number of aliphatic hydroxyl groups is 1. The Morgan fingerprint density at radius 3 is 2.30 bits per heavy atom. The summed E-state index contributed by atoms with van der Waals surface area (Å²) in [6, 6.07) is 0.553. The molecule has 7 heteroatoms. The highest BCUT2D eigenvalue weighted by atomic mass is 28.4. The molecule has 20 heavy (non-hydrogen) atoms. The molecule has 0 radical (unpaired) electrons. The van der Waals surface area contributed by atoms with Crippen molar-refractivity contribution in [2.75, 3.05) is 33.0 Å². The summed E-state index contributed by atoms with van der Waals surface area (Å²) >= 11 is 0. The Kier molecular flexibility index (Phi) is 11.6. The zero-order valence-electron chi connectivity index (χ0n) is 12.6. The van der Waals surface area contributed by atoms with Crippen molar-refractivity contribution in [3.05, 3.63) is 12.2 Å². The third-order valence-electron chi connectivity index (χ3n) is 2.32. The first-order chi connectivity index (χ1) is 9.64. The fourth-order valence-corrected chi connectivity index (χ4v) is 4.17. The molecule has 0 aliphatic carbocycles. The Hall–Kier alpha value is -0.733. The van der Waals surface area contributed by atoms with Gasteiger partial charge in [0.05, 0.1) is 19.8 Å². The fourth-order valence-electron chi connectivity index (χ4n) is 1.63.